The molecule has 110 valence electrons. The van der Waals surface area contributed by atoms with Gasteiger partial charge in [0.05, 0.1) is 6.61 Å². The van der Waals surface area contributed by atoms with Gasteiger partial charge in [-0.25, -0.2) is 0 Å². The van der Waals surface area contributed by atoms with Gasteiger partial charge in [0.25, 0.3) is 0 Å². The number of rotatable bonds is 2. The zero-order valence-corrected chi connectivity index (χ0v) is 13.3. The fraction of sp³-hybridized carbons (Fsp3) is 0.368. The van der Waals surface area contributed by atoms with Gasteiger partial charge in [-0.05, 0) is 55.0 Å². The van der Waals surface area contributed by atoms with Crippen molar-refractivity contribution in [1.82, 2.24) is 0 Å². The molecular formula is C19H23NO. The minimum Gasteiger partial charge on any atom is -0.492 e. The number of aryl methyl sites for hydroxylation is 1. The summed E-state index contributed by atoms with van der Waals surface area (Å²) >= 11 is 0. The standard InChI is InChI=1S/C19H23NO/c1-5-14-6-8-15(9-7-14)16-10-21-19-12(3)11(2)18(20)13(4)17(16)19/h6-9,16H,5,10,20H2,1-4H3. The molecule has 0 aromatic heterocycles. The highest BCUT2D eigenvalue weighted by molar-refractivity contribution is 5.68. The van der Waals surface area contributed by atoms with Crippen molar-refractivity contribution < 1.29 is 4.74 Å². The van der Waals surface area contributed by atoms with Crippen LogP contribution >= 0.6 is 0 Å². The lowest BCUT2D eigenvalue weighted by Crippen LogP contribution is -2.05. The first kappa shape index (κ1) is 14.0. The van der Waals surface area contributed by atoms with Crippen LogP contribution in [0.25, 0.3) is 0 Å². The van der Waals surface area contributed by atoms with Crippen LogP contribution in [0.3, 0.4) is 0 Å². The first-order chi connectivity index (χ1) is 10.0. The fourth-order valence-electron chi connectivity index (χ4n) is 3.28. The van der Waals surface area contributed by atoms with Crippen molar-refractivity contribution in [2.75, 3.05) is 12.3 Å². The van der Waals surface area contributed by atoms with E-state index in [1.165, 1.54) is 27.8 Å². The Kier molecular flexibility index (Phi) is 3.40. The molecule has 2 N–H and O–H groups in total. The second-order valence-corrected chi connectivity index (χ2v) is 5.99. The van der Waals surface area contributed by atoms with Crippen LogP contribution < -0.4 is 10.5 Å². The molecule has 1 heterocycles. The predicted octanol–water partition coefficient (Wildman–Crippen LogP) is 4.28. The van der Waals surface area contributed by atoms with E-state index in [4.69, 9.17) is 10.5 Å². The van der Waals surface area contributed by atoms with Crippen LogP contribution in [0.1, 0.15) is 46.2 Å². The Morgan fingerprint density at radius 2 is 1.71 bits per heavy atom. The largest absolute Gasteiger partial charge is 0.492 e. The molecule has 1 unspecified atom stereocenters. The number of nitrogen functional groups attached to an aromatic ring is 1. The third-order valence-electron chi connectivity index (χ3n) is 4.89. The number of anilines is 1. The maximum absolute atomic E-state index is 6.29. The maximum Gasteiger partial charge on any atom is 0.126 e. The van der Waals surface area contributed by atoms with E-state index in [1.807, 2.05) is 0 Å². The summed E-state index contributed by atoms with van der Waals surface area (Å²) in [6.07, 6.45) is 1.07. The average Bonchev–Trinajstić information content (AvgIpc) is 2.96. The SMILES string of the molecule is CCc1ccc(C2COc3c(C)c(C)c(N)c(C)c32)cc1. The molecule has 1 atom stereocenters. The van der Waals surface area contributed by atoms with Crippen LogP contribution in [-0.4, -0.2) is 6.61 Å². The van der Waals surface area contributed by atoms with E-state index in [0.717, 1.165) is 23.4 Å². The van der Waals surface area contributed by atoms with Gasteiger partial charge in [-0.15, -0.1) is 0 Å². The Balaban J connectivity index is 2.11. The normalized spacial score (nSPS) is 16.7. The van der Waals surface area contributed by atoms with E-state index in [0.29, 0.717) is 12.5 Å². The molecule has 0 saturated carbocycles. The summed E-state index contributed by atoms with van der Waals surface area (Å²) in [6.45, 7) is 9.19. The first-order valence-electron chi connectivity index (χ1n) is 7.65. The molecule has 0 spiro atoms. The zero-order chi connectivity index (χ0) is 15.1. The lowest BCUT2D eigenvalue weighted by molar-refractivity contribution is 0.341. The van der Waals surface area contributed by atoms with Gasteiger partial charge in [0, 0.05) is 17.2 Å². The molecule has 0 amide bonds. The minimum absolute atomic E-state index is 0.299. The maximum atomic E-state index is 6.29. The Labute approximate surface area is 126 Å². The second-order valence-electron chi connectivity index (χ2n) is 5.99. The van der Waals surface area contributed by atoms with Crippen LogP contribution in [0.15, 0.2) is 24.3 Å². The molecule has 3 rings (SSSR count). The Morgan fingerprint density at radius 1 is 1.05 bits per heavy atom. The van der Waals surface area contributed by atoms with Gasteiger partial charge in [-0.2, -0.15) is 0 Å². The smallest absolute Gasteiger partial charge is 0.126 e. The molecule has 0 radical (unpaired) electrons. The van der Waals surface area contributed by atoms with Gasteiger partial charge >= 0.3 is 0 Å². The average molecular weight is 281 g/mol. The summed E-state index contributed by atoms with van der Waals surface area (Å²) < 4.78 is 6.01. The number of hydrogen-bond donors (Lipinski definition) is 1. The molecule has 2 aromatic rings. The van der Waals surface area contributed by atoms with Crippen LogP contribution in [0, 0.1) is 20.8 Å². The number of hydrogen-bond acceptors (Lipinski definition) is 2. The number of fused-ring (bicyclic) bond motifs is 1. The molecule has 2 heteroatoms. The summed E-state index contributed by atoms with van der Waals surface area (Å²) in [4.78, 5) is 0. The van der Waals surface area contributed by atoms with Gasteiger partial charge in [-0.3, -0.25) is 0 Å². The van der Waals surface area contributed by atoms with E-state index in [9.17, 15) is 0 Å². The van der Waals surface area contributed by atoms with E-state index >= 15 is 0 Å². The highest BCUT2D eigenvalue weighted by Crippen LogP contribution is 2.45. The highest BCUT2D eigenvalue weighted by atomic mass is 16.5. The van der Waals surface area contributed by atoms with Crippen LogP contribution in [-0.2, 0) is 6.42 Å². The highest BCUT2D eigenvalue weighted by Gasteiger charge is 2.31. The Morgan fingerprint density at radius 3 is 2.33 bits per heavy atom. The van der Waals surface area contributed by atoms with E-state index in [1.54, 1.807) is 0 Å². The molecule has 2 aromatic carbocycles. The lowest BCUT2D eigenvalue weighted by Gasteiger charge is -2.17. The van der Waals surface area contributed by atoms with Crippen molar-refractivity contribution in [3.8, 4) is 5.75 Å². The van der Waals surface area contributed by atoms with Gasteiger partial charge in [-0.1, -0.05) is 31.2 Å². The van der Waals surface area contributed by atoms with Crippen LogP contribution in [0.4, 0.5) is 5.69 Å². The summed E-state index contributed by atoms with van der Waals surface area (Å²) in [7, 11) is 0. The third kappa shape index (κ3) is 2.10. The van der Waals surface area contributed by atoms with Crippen molar-refractivity contribution in [1.29, 1.82) is 0 Å². The number of benzene rings is 2. The van der Waals surface area contributed by atoms with Crippen molar-refractivity contribution in [3.05, 3.63) is 57.6 Å². The van der Waals surface area contributed by atoms with Crippen molar-refractivity contribution in [2.24, 2.45) is 0 Å². The predicted molar refractivity (Wildman–Crippen MR) is 88.2 cm³/mol. The number of nitrogens with two attached hydrogens (primary N) is 1. The summed E-state index contributed by atoms with van der Waals surface area (Å²) in [5, 5.41) is 0. The molecule has 0 bridgehead atoms. The summed E-state index contributed by atoms with van der Waals surface area (Å²) in [5.41, 5.74) is 14.7. The van der Waals surface area contributed by atoms with Gasteiger partial charge in [0.2, 0.25) is 0 Å². The van der Waals surface area contributed by atoms with Crippen molar-refractivity contribution in [3.63, 3.8) is 0 Å². The number of ether oxygens (including phenoxy) is 1. The van der Waals surface area contributed by atoms with E-state index in [-0.39, 0.29) is 0 Å². The molecule has 0 aliphatic carbocycles. The Bertz CT molecular complexity index is 686. The van der Waals surface area contributed by atoms with Gasteiger partial charge < -0.3 is 10.5 Å². The third-order valence-corrected chi connectivity index (χ3v) is 4.89. The first-order valence-corrected chi connectivity index (χ1v) is 7.65. The monoisotopic (exact) mass is 281 g/mol. The lowest BCUT2D eigenvalue weighted by atomic mass is 9.86. The van der Waals surface area contributed by atoms with Crippen molar-refractivity contribution >= 4 is 5.69 Å². The van der Waals surface area contributed by atoms with Crippen LogP contribution in [0.2, 0.25) is 0 Å². The van der Waals surface area contributed by atoms with E-state index < -0.39 is 0 Å². The fourth-order valence-corrected chi connectivity index (χ4v) is 3.28. The molecule has 2 nitrogen and oxygen atoms in total. The quantitative estimate of drug-likeness (QED) is 0.834. The topological polar surface area (TPSA) is 35.2 Å². The molecule has 21 heavy (non-hydrogen) atoms. The second kappa shape index (κ2) is 5.10. The molecule has 0 fully saturated rings. The van der Waals surface area contributed by atoms with Gasteiger partial charge in [0.1, 0.15) is 5.75 Å². The molecule has 1 aliphatic heterocycles. The summed E-state index contributed by atoms with van der Waals surface area (Å²) in [5.74, 6) is 1.34. The molecular weight excluding hydrogens is 258 g/mol. The van der Waals surface area contributed by atoms with Gasteiger partial charge in [0.15, 0.2) is 0 Å². The van der Waals surface area contributed by atoms with Crippen LogP contribution in [0.5, 0.6) is 5.75 Å². The summed E-state index contributed by atoms with van der Waals surface area (Å²) in [6, 6.07) is 8.89. The zero-order valence-electron chi connectivity index (χ0n) is 13.3. The van der Waals surface area contributed by atoms with E-state index in [2.05, 4.69) is 52.0 Å². The molecule has 0 saturated heterocycles. The minimum atomic E-state index is 0.299. The Hall–Kier alpha value is -1.96. The van der Waals surface area contributed by atoms with Crippen molar-refractivity contribution in [2.45, 2.75) is 40.0 Å². The molecule has 1 aliphatic rings.